The quantitative estimate of drug-likeness (QED) is 0.516. The maximum Gasteiger partial charge on any atom is 0.106 e. The number of aromatic nitrogens is 3. The van der Waals surface area contributed by atoms with Gasteiger partial charge < -0.3 is 9.97 Å². The molecule has 0 aliphatic carbocycles. The summed E-state index contributed by atoms with van der Waals surface area (Å²) < 4.78 is 0. The molecule has 2 heterocycles. The van der Waals surface area contributed by atoms with Crippen LogP contribution >= 0.6 is 0 Å². The molecule has 40 valence electrons. The highest BCUT2D eigenvalue weighted by Gasteiger charge is 1.90. The van der Waals surface area contributed by atoms with Gasteiger partial charge in [-0.15, -0.1) is 0 Å². The highest BCUT2D eigenvalue weighted by atomic mass is 14.9. The Balaban J connectivity index is 3.06. The first-order valence-corrected chi connectivity index (χ1v) is 2.43. The lowest BCUT2D eigenvalue weighted by Crippen LogP contribution is -1.54. The molecule has 0 radical (unpaired) electrons. The number of nitrogens with one attached hydrogen (secondary N) is 2. The Morgan fingerprint density at radius 3 is 3.25 bits per heavy atom. The number of nitrogens with zero attached hydrogens (tertiary/aromatic N) is 1. The maximum atomic E-state index is 3.99. The molecule has 3 nitrogen and oxygen atoms in total. The van der Waals surface area contributed by atoms with Crippen molar-refractivity contribution < 1.29 is 0 Å². The van der Waals surface area contributed by atoms with Crippen LogP contribution in [0, 0.1) is 0 Å². The normalized spacial score (nSPS) is 10.5. The van der Waals surface area contributed by atoms with Gasteiger partial charge in [0.05, 0.1) is 11.8 Å². The molecule has 0 fully saturated rings. The highest BCUT2D eigenvalue weighted by Crippen LogP contribution is 2.03. The number of rotatable bonds is 0. The Morgan fingerprint density at radius 2 is 2.38 bits per heavy atom. The lowest BCUT2D eigenvalue weighted by molar-refractivity contribution is 1.30. The monoisotopic (exact) mass is 107 g/mol. The third kappa shape index (κ3) is 0.307. The Bertz CT molecular complexity index is 229. The van der Waals surface area contributed by atoms with Crippen LogP contribution in [0.2, 0.25) is 0 Å². The second kappa shape index (κ2) is 1.12. The molecule has 2 N–H and O–H groups in total. The molecule has 0 aliphatic heterocycles. The summed E-state index contributed by atoms with van der Waals surface area (Å²) in [5.74, 6) is 0. The van der Waals surface area contributed by atoms with Crippen LogP contribution in [0.3, 0.4) is 0 Å². The van der Waals surface area contributed by atoms with Gasteiger partial charge in [0.2, 0.25) is 0 Å². The second-order valence-corrected chi connectivity index (χ2v) is 1.66. The van der Waals surface area contributed by atoms with Crippen molar-refractivity contribution in [2.75, 3.05) is 0 Å². The number of fused-ring (bicyclic) bond motifs is 1. The zero-order chi connectivity index (χ0) is 5.40. The van der Waals surface area contributed by atoms with Crippen LogP contribution in [-0.4, -0.2) is 15.0 Å². The molecule has 0 amide bonds. The van der Waals surface area contributed by atoms with Crippen molar-refractivity contribution in [1.29, 1.82) is 0 Å². The summed E-state index contributed by atoms with van der Waals surface area (Å²) in [5, 5.41) is 0. The van der Waals surface area contributed by atoms with Gasteiger partial charge in [-0.05, 0) is 0 Å². The molecule has 2 aromatic rings. The molecular formula is C5H5N3. The van der Waals surface area contributed by atoms with Crippen molar-refractivity contribution in [2.45, 2.75) is 0 Å². The van der Waals surface area contributed by atoms with Crippen molar-refractivity contribution in [3.05, 3.63) is 18.7 Å². The van der Waals surface area contributed by atoms with Gasteiger partial charge in [-0.2, -0.15) is 0 Å². The van der Waals surface area contributed by atoms with E-state index in [0.29, 0.717) is 0 Å². The van der Waals surface area contributed by atoms with Gasteiger partial charge in [0.25, 0.3) is 0 Å². The topological polar surface area (TPSA) is 44.5 Å². The van der Waals surface area contributed by atoms with Crippen LogP contribution in [0.15, 0.2) is 18.7 Å². The van der Waals surface area contributed by atoms with E-state index in [2.05, 4.69) is 15.0 Å². The Morgan fingerprint density at radius 1 is 1.38 bits per heavy atom. The first kappa shape index (κ1) is 3.72. The molecule has 0 saturated carbocycles. The van der Waals surface area contributed by atoms with Crippen molar-refractivity contribution in [1.82, 2.24) is 15.0 Å². The maximum absolute atomic E-state index is 3.99. The predicted molar refractivity (Wildman–Crippen MR) is 30.4 cm³/mol. The molecule has 3 heteroatoms. The van der Waals surface area contributed by atoms with Crippen molar-refractivity contribution >= 4 is 11.0 Å². The van der Waals surface area contributed by atoms with Crippen LogP contribution < -0.4 is 0 Å². The van der Waals surface area contributed by atoms with Crippen molar-refractivity contribution in [3.63, 3.8) is 0 Å². The molecule has 0 saturated heterocycles. The zero-order valence-corrected chi connectivity index (χ0v) is 4.18. The number of hydrogen-bond donors (Lipinski definition) is 2. The molecule has 0 bridgehead atoms. The summed E-state index contributed by atoms with van der Waals surface area (Å²) in [6.45, 7) is 0. The van der Waals surface area contributed by atoms with Gasteiger partial charge >= 0.3 is 0 Å². The third-order valence-electron chi connectivity index (χ3n) is 1.15. The molecule has 0 unspecified atom stereocenters. The van der Waals surface area contributed by atoms with Crippen LogP contribution in [0.4, 0.5) is 0 Å². The summed E-state index contributed by atoms with van der Waals surface area (Å²) in [5.41, 5.74) is 2.05. The highest BCUT2D eigenvalue weighted by molar-refractivity contribution is 5.72. The molecule has 0 spiro atoms. The minimum atomic E-state index is 0.991. The summed E-state index contributed by atoms with van der Waals surface area (Å²) in [4.78, 5) is 9.87. The fraction of sp³-hybridized carbons (Fsp3) is 0. The van der Waals surface area contributed by atoms with E-state index < -0.39 is 0 Å². The fourth-order valence-electron chi connectivity index (χ4n) is 0.749. The lowest BCUT2D eigenvalue weighted by atomic mass is 10.5. The summed E-state index contributed by atoms with van der Waals surface area (Å²) >= 11 is 0. The standard InChI is InChI=1S/C5H5N3/c1-4-5(2-6-1)8-3-7-4/h1-3,6H,(H,7,8). The Kier molecular flexibility index (Phi) is 0.521. The number of hydrogen-bond acceptors (Lipinski definition) is 1. The largest absolute Gasteiger partial charge is 0.364 e. The first-order chi connectivity index (χ1) is 3.97. The number of aromatic amines is 2. The summed E-state index contributed by atoms with van der Waals surface area (Å²) in [6.07, 6.45) is 5.41. The minimum Gasteiger partial charge on any atom is -0.364 e. The number of imidazole rings is 1. The van der Waals surface area contributed by atoms with Crippen LogP contribution in [0.1, 0.15) is 0 Å². The van der Waals surface area contributed by atoms with E-state index in [9.17, 15) is 0 Å². The molecule has 0 aliphatic rings. The van der Waals surface area contributed by atoms with Crippen LogP contribution in [-0.2, 0) is 0 Å². The molecule has 2 aromatic heterocycles. The van der Waals surface area contributed by atoms with Crippen molar-refractivity contribution in [2.24, 2.45) is 0 Å². The molecule has 2 rings (SSSR count). The molecule has 8 heavy (non-hydrogen) atoms. The first-order valence-electron chi connectivity index (χ1n) is 2.43. The average Bonchev–Trinajstić information content (AvgIpc) is 2.15. The van der Waals surface area contributed by atoms with Crippen LogP contribution in [0.5, 0.6) is 0 Å². The van der Waals surface area contributed by atoms with Gasteiger partial charge in [0.1, 0.15) is 5.52 Å². The smallest absolute Gasteiger partial charge is 0.106 e. The van der Waals surface area contributed by atoms with Gasteiger partial charge in [0, 0.05) is 12.4 Å². The van der Waals surface area contributed by atoms with E-state index in [4.69, 9.17) is 0 Å². The lowest BCUT2D eigenvalue weighted by Gasteiger charge is -1.63. The van der Waals surface area contributed by atoms with Crippen LogP contribution in [0.25, 0.3) is 11.0 Å². The predicted octanol–water partition coefficient (Wildman–Crippen LogP) is 0.891. The Hall–Kier alpha value is -1.25. The van der Waals surface area contributed by atoms with E-state index in [1.807, 2.05) is 12.4 Å². The van der Waals surface area contributed by atoms with E-state index in [-0.39, 0.29) is 0 Å². The summed E-state index contributed by atoms with van der Waals surface area (Å²) in [6, 6.07) is 0. The van der Waals surface area contributed by atoms with E-state index >= 15 is 0 Å². The van der Waals surface area contributed by atoms with E-state index in [1.54, 1.807) is 6.33 Å². The second-order valence-electron chi connectivity index (χ2n) is 1.66. The van der Waals surface area contributed by atoms with E-state index in [1.165, 1.54) is 0 Å². The average molecular weight is 107 g/mol. The van der Waals surface area contributed by atoms with Crippen molar-refractivity contribution in [3.8, 4) is 0 Å². The molecular weight excluding hydrogens is 102 g/mol. The SMILES string of the molecule is c1nc2c[nH]cc2[nH]1. The fourth-order valence-corrected chi connectivity index (χ4v) is 0.749. The zero-order valence-electron chi connectivity index (χ0n) is 4.18. The summed E-state index contributed by atoms with van der Waals surface area (Å²) in [7, 11) is 0. The van der Waals surface area contributed by atoms with E-state index in [0.717, 1.165) is 11.0 Å². The Labute approximate surface area is 45.8 Å². The minimum absolute atomic E-state index is 0.991. The molecule has 0 aromatic carbocycles. The van der Waals surface area contributed by atoms with Gasteiger partial charge in [0.15, 0.2) is 0 Å². The van der Waals surface area contributed by atoms with Gasteiger partial charge in [-0.25, -0.2) is 4.98 Å². The van der Waals surface area contributed by atoms with Gasteiger partial charge in [-0.3, -0.25) is 0 Å². The third-order valence-corrected chi connectivity index (χ3v) is 1.15. The van der Waals surface area contributed by atoms with Gasteiger partial charge in [-0.1, -0.05) is 0 Å². The molecule has 0 atom stereocenters. The number of H-pyrrole nitrogens is 2.